The summed E-state index contributed by atoms with van der Waals surface area (Å²) in [6.45, 7) is 2.97. The average Bonchev–Trinajstić information content (AvgIpc) is 2.41. The molecule has 0 spiro atoms. The highest BCUT2D eigenvalue weighted by atomic mass is 16.5. The summed E-state index contributed by atoms with van der Waals surface area (Å²) in [7, 11) is 7.55. The molecule has 1 aromatic rings. The highest BCUT2D eigenvalue weighted by molar-refractivity contribution is 5.46. The smallest absolute Gasteiger partial charge is 0.165 e. The Bertz CT molecular complexity index is 367. The number of methoxy groups -OCH3 is 2. The predicted octanol–water partition coefficient (Wildman–Crippen LogP) is 2.14. The maximum absolute atomic E-state index is 5.41. The van der Waals surface area contributed by atoms with Gasteiger partial charge in [0.05, 0.1) is 14.2 Å². The van der Waals surface area contributed by atoms with Crippen LogP contribution >= 0.6 is 0 Å². The molecule has 0 fully saturated rings. The lowest BCUT2D eigenvalue weighted by Gasteiger charge is -2.13. The minimum absolute atomic E-state index is 0.786. The lowest BCUT2D eigenvalue weighted by atomic mass is 10.2. The topological polar surface area (TPSA) is 33.7 Å². The molecule has 0 radical (unpaired) electrons. The summed E-state index contributed by atoms with van der Waals surface area (Å²) in [5.74, 6) is 1.61. The molecule has 0 aliphatic carbocycles. The predicted molar refractivity (Wildman–Crippen MR) is 79.0 cm³/mol. The van der Waals surface area contributed by atoms with E-state index in [2.05, 4.69) is 30.4 Å². The second-order valence-corrected chi connectivity index (χ2v) is 4.84. The van der Waals surface area contributed by atoms with Gasteiger partial charge in [0, 0.05) is 12.1 Å². The number of ether oxygens (including phenoxy) is 2. The van der Waals surface area contributed by atoms with Crippen LogP contribution in [0.3, 0.4) is 0 Å². The lowest BCUT2D eigenvalue weighted by Crippen LogP contribution is -2.18. The molecular weight excluding hydrogens is 240 g/mol. The molecule has 1 aromatic carbocycles. The van der Waals surface area contributed by atoms with Crippen molar-refractivity contribution in [3.8, 4) is 11.5 Å². The fourth-order valence-electron chi connectivity index (χ4n) is 1.99. The third-order valence-electron chi connectivity index (χ3n) is 3.01. The molecule has 0 aliphatic heterocycles. The van der Waals surface area contributed by atoms with Gasteiger partial charge in [-0.15, -0.1) is 0 Å². The molecule has 0 bridgehead atoms. The third-order valence-corrected chi connectivity index (χ3v) is 3.01. The van der Waals surface area contributed by atoms with Gasteiger partial charge in [0.15, 0.2) is 11.5 Å². The molecule has 0 aromatic heterocycles. The van der Waals surface area contributed by atoms with Gasteiger partial charge in [-0.25, -0.2) is 0 Å². The van der Waals surface area contributed by atoms with Crippen LogP contribution in [0.4, 0.5) is 0 Å². The van der Waals surface area contributed by atoms with E-state index in [1.165, 1.54) is 12.8 Å². The highest BCUT2D eigenvalue weighted by Gasteiger charge is 2.08. The summed E-state index contributed by atoms with van der Waals surface area (Å²) < 4.78 is 10.7. The Morgan fingerprint density at radius 3 is 2.53 bits per heavy atom. The van der Waals surface area contributed by atoms with Crippen LogP contribution < -0.4 is 14.8 Å². The Morgan fingerprint density at radius 2 is 1.89 bits per heavy atom. The van der Waals surface area contributed by atoms with E-state index in [4.69, 9.17) is 9.47 Å². The van der Waals surface area contributed by atoms with Crippen LogP contribution in [0.1, 0.15) is 18.4 Å². The molecule has 0 saturated carbocycles. The van der Waals surface area contributed by atoms with Crippen LogP contribution in [0.5, 0.6) is 11.5 Å². The van der Waals surface area contributed by atoms with Crippen LogP contribution in [0.25, 0.3) is 0 Å². The van der Waals surface area contributed by atoms with Crippen molar-refractivity contribution in [2.45, 2.75) is 19.4 Å². The molecule has 4 heteroatoms. The molecule has 0 aliphatic rings. The van der Waals surface area contributed by atoms with Crippen molar-refractivity contribution in [2.24, 2.45) is 0 Å². The average molecular weight is 266 g/mol. The fraction of sp³-hybridized carbons (Fsp3) is 0.600. The van der Waals surface area contributed by atoms with Gasteiger partial charge in [-0.3, -0.25) is 0 Å². The number of rotatable bonds is 9. The SMILES string of the molecule is COc1cccc(CNCCCCN(C)C)c1OC. The van der Waals surface area contributed by atoms with Gasteiger partial charge >= 0.3 is 0 Å². The highest BCUT2D eigenvalue weighted by Crippen LogP contribution is 2.30. The zero-order valence-corrected chi connectivity index (χ0v) is 12.5. The van der Waals surface area contributed by atoms with Crippen molar-refractivity contribution in [1.29, 1.82) is 0 Å². The second kappa shape index (κ2) is 8.77. The first kappa shape index (κ1) is 15.8. The van der Waals surface area contributed by atoms with E-state index in [0.717, 1.165) is 36.7 Å². The van der Waals surface area contributed by atoms with E-state index >= 15 is 0 Å². The minimum Gasteiger partial charge on any atom is -0.493 e. The maximum atomic E-state index is 5.41. The van der Waals surface area contributed by atoms with Gasteiger partial charge in [-0.1, -0.05) is 12.1 Å². The Labute approximate surface area is 116 Å². The molecule has 0 heterocycles. The number of benzene rings is 1. The normalized spacial score (nSPS) is 10.8. The van der Waals surface area contributed by atoms with E-state index in [1.54, 1.807) is 14.2 Å². The van der Waals surface area contributed by atoms with E-state index in [-0.39, 0.29) is 0 Å². The quantitative estimate of drug-likeness (QED) is 0.694. The number of hydrogen-bond donors (Lipinski definition) is 1. The van der Waals surface area contributed by atoms with E-state index in [1.807, 2.05) is 12.1 Å². The first-order chi connectivity index (χ1) is 9.19. The number of para-hydroxylation sites is 1. The summed E-state index contributed by atoms with van der Waals surface area (Å²) in [5.41, 5.74) is 1.13. The minimum atomic E-state index is 0.786. The monoisotopic (exact) mass is 266 g/mol. The summed E-state index contributed by atoms with van der Waals surface area (Å²) in [6.07, 6.45) is 2.40. The molecule has 1 N–H and O–H groups in total. The lowest BCUT2D eigenvalue weighted by molar-refractivity contribution is 0.350. The number of unbranched alkanes of at least 4 members (excludes halogenated alkanes) is 1. The standard InChI is InChI=1S/C15H26N2O2/c1-17(2)11-6-5-10-16-12-13-8-7-9-14(18-3)15(13)19-4/h7-9,16H,5-6,10-12H2,1-4H3. The Morgan fingerprint density at radius 1 is 1.11 bits per heavy atom. The number of hydrogen-bond acceptors (Lipinski definition) is 4. The van der Waals surface area contributed by atoms with Gasteiger partial charge in [0.25, 0.3) is 0 Å². The maximum Gasteiger partial charge on any atom is 0.165 e. The number of nitrogens with one attached hydrogen (secondary N) is 1. The third kappa shape index (κ3) is 5.49. The van der Waals surface area contributed by atoms with Crippen molar-refractivity contribution in [3.05, 3.63) is 23.8 Å². The zero-order chi connectivity index (χ0) is 14.1. The Balaban J connectivity index is 2.37. The van der Waals surface area contributed by atoms with Crippen molar-refractivity contribution < 1.29 is 9.47 Å². The first-order valence-corrected chi connectivity index (χ1v) is 6.74. The van der Waals surface area contributed by atoms with Gasteiger partial charge in [-0.2, -0.15) is 0 Å². The van der Waals surface area contributed by atoms with Gasteiger partial charge in [-0.05, 0) is 46.1 Å². The van der Waals surface area contributed by atoms with Crippen LogP contribution in [0.15, 0.2) is 18.2 Å². The molecule has 1 rings (SSSR count). The summed E-state index contributed by atoms with van der Waals surface area (Å²) >= 11 is 0. The van der Waals surface area contributed by atoms with Gasteiger partial charge < -0.3 is 19.7 Å². The summed E-state index contributed by atoms with van der Waals surface area (Å²) in [4.78, 5) is 2.21. The van der Waals surface area contributed by atoms with Gasteiger partial charge in [0.1, 0.15) is 0 Å². The van der Waals surface area contributed by atoms with Crippen molar-refractivity contribution in [2.75, 3.05) is 41.4 Å². The Hall–Kier alpha value is -1.26. The summed E-state index contributed by atoms with van der Waals surface area (Å²) in [6, 6.07) is 5.97. The molecule has 0 amide bonds. The van der Waals surface area contributed by atoms with Crippen molar-refractivity contribution in [3.63, 3.8) is 0 Å². The molecule has 4 nitrogen and oxygen atoms in total. The van der Waals surface area contributed by atoms with Crippen LogP contribution in [0.2, 0.25) is 0 Å². The van der Waals surface area contributed by atoms with Crippen LogP contribution in [-0.4, -0.2) is 46.3 Å². The Kier molecular flexibility index (Phi) is 7.30. The largest absolute Gasteiger partial charge is 0.493 e. The molecule has 19 heavy (non-hydrogen) atoms. The van der Waals surface area contributed by atoms with Crippen molar-refractivity contribution >= 4 is 0 Å². The first-order valence-electron chi connectivity index (χ1n) is 6.74. The van der Waals surface area contributed by atoms with E-state index < -0.39 is 0 Å². The summed E-state index contributed by atoms with van der Waals surface area (Å²) in [5, 5.41) is 3.45. The zero-order valence-electron chi connectivity index (χ0n) is 12.5. The van der Waals surface area contributed by atoms with E-state index in [9.17, 15) is 0 Å². The molecular formula is C15H26N2O2. The van der Waals surface area contributed by atoms with Crippen LogP contribution in [-0.2, 0) is 6.54 Å². The molecule has 108 valence electrons. The molecule has 0 atom stereocenters. The molecule has 0 saturated heterocycles. The van der Waals surface area contributed by atoms with E-state index in [0.29, 0.717) is 0 Å². The molecule has 0 unspecified atom stereocenters. The van der Waals surface area contributed by atoms with Crippen molar-refractivity contribution in [1.82, 2.24) is 10.2 Å². The second-order valence-electron chi connectivity index (χ2n) is 4.84. The van der Waals surface area contributed by atoms with Crippen LogP contribution in [0, 0.1) is 0 Å². The fourth-order valence-corrected chi connectivity index (χ4v) is 1.99. The van der Waals surface area contributed by atoms with Gasteiger partial charge in [0.2, 0.25) is 0 Å². The number of nitrogens with zero attached hydrogens (tertiary/aromatic N) is 1.